The van der Waals surface area contributed by atoms with Crippen LogP contribution in [0.5, 0.6) is 0 Å². The lowest BCUT2D eigenvalue weighted by Crippen LogP contribution is -2.00. The molecule has 0 aliphatic heterocycles. The lowest BCUT2D eigenvalue weighted by atomic mass is 10.0. The van der Waals surface area contributed by atoms with Crippen molar-refractivity contribution in [2.45, 2.75) is 0 Å². The topological polar surface area (TPSA) is 65.0 Å². The molecule has 5 nitrogen and oxygen atoms in total. The van der Waals surface area contributed by atoms with Crippen LogP contribution in [0.1, 0.15) is 0 Å². The Kier molecular flexibility index (Phi) is 6.05. The van der Waals surface area contributed by atoms with E-state index in [0.29, 0.717) is 17.5 Å². The zero-order valence-electron chi connectivity index (χ0n) is 27.0. The van der Waals surface area contributed by atoms with Crippen molar-refractivity contribution < 1.29 is 8.83 Å². The summed E-state index contributed by atoms with van der Waals surface area (Å²) in [7, 11) is 0. The molecule has 0 atom stereocenters. The van der Waals surface area contributed by atoms with E-state index < -0.39 is 0 Å². The van der Waals surface area contributed by atoms with Crippen LogP contribution in [0.2, 0.25) is 0 Å². The fourth-order valence-corrected chi connectivity index (χ4v) is 8.49. The van der Waals surface area contributed by atoms with Crippen LogP contribution in [0.25, 0.3) is 109 Å². The Labute approximate surface area is 295 Å². The molecule has 4 aromatic heterocycles. The fraction of sp³-hybridized carbons (Fsp3) is 0. The average molecular weight is 672 g/mol. The molecule has 0 unspecified atom stereocenters. The van der Waals surface area contributed by atoms with Crippen molar-refractivity contribution in [2.75, 3.05) is 0 Å². The smallest absolute Gasteiger partial charge is 0.167 e. The molecule has 0 aliphatic rings. The highest BCUT2D eigenvalue weighted by molar-refractivity contribution is 7.25. The summed E-state index contributed by atoms with van der Waals surface area (Å²) < 4.78 is 15.4. The molecule has 0 aliphatic carbocycles. The van der Waals surface area contributed by atoms with Gasteiger partial charge in [0.2, 0.25) is 0 Å². The first-order chi connectivity index (χ1) is 25.2. The predicted octanol–water partition coefficient (Wildman–Crippen LogP) is 12.7. The molecule has 238 valence electrons. The van der Waals surface area contributed by atoms with E-state index in [1.807, 2.05) is 54.6 Å². The Morgan fingerprint density at radius 2 is 0.961 bits per heavy atom. The quantitative estimate of drug-likeness (QED) is 0.186. The van der Waals surface area contributed by atoms with Crippen molar-refractivity contribution in [1.82, 2.24) is 15.0 Å². The minimum absolute atomic E-state index is 0.565. The molecule has 4 heterocycles. The van der Waals surface area contributed by atoms with Crippen molar-refractivity contribution in [1.29, 1.82) is 0 Å². The van der Waals surface area contributed by atoms with Gasteiger partial charge >= 0.3 is 0 Å². The van der Waals surface area contributed by atoms with Gasteiger partial charge < -0.3 is 8.83 Å². The van der Waals surface area contributed by atoms with E-state index in [1.165, 1.54) is 14.8 Å². The van der Waals surface area contributed by atoms with Gasteiger partial charge in [-0.25, -0.2) is 15.0 Å². The van der Waals surface area contributed by atoms with Crippen molar-refractivity contribution in [2.24, 2.45) is 0 Å². The Bertz CT molecular complexity index is 3160. The van der Waals surface area contributed by atoms with Gasteiger partial charge in [-0.2, -0.15) is 0 Å². The lowest BCUT2D eigenvalue weighted by molar-refractivity contribution is 0.668. The number of furan rings is 2. The van der Waals surface area contributed by atoms with E-state index >= 15 is 0 Å². The number of hydrogen-bond donors (Lipinski definition) is 0. The summed E-state index contributed by atoms with van der Waals surface area (Å²) >= 11 is 1.79. The van der Waals surface area contributed by atoms with E-state index in [9.17, 15) is 0 Å². The molecule has 0 bridgehead atoms. The second kappa shape index (κ2) is 10.9. The van der Waals surface area contributed by atoms with Gasteiger partial charge in [0.05, 0.1) is 5.56 Å². The number of hydrogen-bond acceptors (Lipinski definition) is 6. The van der Waals surface area contributed by atoms with Gasteiger partial charge in [-0.3, -0.25) is 0 Å². The summed E-state index contributed by atoms with van der Waals surface area (Å²) in [4.78, 5) is 15.3. The summed E-state index contributed by atoms with van der Waals surface area (Å²) in [6.07, 6.45) is 0. The first-order valence-corrected chi connectivity index (χ1v) is 17.7. The summed E-state index contributed by atoms with van der Waals surface area (Å²) in [5.41, 5.74) is 8.14. The highest BCUT2D eigenvalue weighted by Crippen LogP contribution is 2.41. The number of para-hydroxylation sites is 2. The highest BCUT2D eigenvalue weighted by Gasteiger charge is 2.20. The molecule has 0 saturated carbocycles. The van der Waals surface area contributed by atoms with Crippen LogP contribution in [0.15, 0.2) is 160 Å². The van der Waals surface area contributed by atoms with Crippen LogP contribution < -0.4 is 0 Å². The molecule has 11 rings (SSSR count). The summed E-state index contributed by atoms with van der Waals surface area (Å²) in [6.45, 7) is 0. The third-order valence-corrected chi connectivity index (χ3v) is 10.9. The van der Waals surface area contributed by atoms with Crippen molar-refractivity contribution in [3.05, 3.63) is 152 Å². The van der Waals surface area contributed by atoms with Crippen molar-refractivity contribution in [3.63, 3.8) is 0 Å². The van der Waals surface area contributed by atoms with E-state index in [1.54, 1.807) is 11.3 Å². The number of benzene rings is 7. The molecule has 0 saturated heterocycles. The van der Waals surface area contributed by atoms with Gasteiger partial charge in [0.15, 0.2) is 17.5 Å². The van der Waals surface area contributed by atoms with Gasteiger partial charge in [0, 0.05) is 52.8 Å². The number of fused-ring (bicyclic) bond motifs is 9. The molecular formula is C45H25N3O2S. The maximum Gasteiger partial charge on any atom is 0.167 e. The zero-order chi connectivity index (χ0) is 33.5. The monoisotopic (exact) mass is 671 g/mol. The normalized spacial score (nSPS) is 11.9. The van der Waals surface area contributed by atoms with Gasteiger partial charge in [-0.15, -0.1) is 11.3 Å². The van der Waals surface area contributed by atoms with Crippen LogP contribution in [-0.4, -0.2) is 15.0 Å². The lowest BCUT2D eigenvalue weighted by Gasteiger charge is -2.10. The Morgan fingerprint density at radius 3 is 1.80 bits per heavy atom. The third kappa shape index (κ3) is 4.43. The molecule has 6 heteroatoms. The SMILES string of the molecule is c1ccc(-c2nc(-c3cccc4c3oc3cc(-c5ccc6c(c5)oc5ccccc56)ccc34)nc(-c3cccc4sc5ccccc5c34)n2)cc1. The third-order valence-electron chi connectivity index (χ3n) is 9.76. The number of nitrogens with zero attached hydrogens (tertiary/aromatic N) is 3. The van der Waals surface area contributed by atoms with Gasteiger partial charge in [0.1, 0.15) is 22.3 Å². The zero-order valence-corrected chi connectivity index (χ0v) is 27.8. The molecule has 0 N–H and O–H groups in total. The first-order valence-electron chi connectivity index (χ1n) is 16.8. The van der Waals surface area contributed by atoms with Crippen LogP contribution >= 0.6 is 11.3 Å². The minimum Gasteiger partial charge on any atom is -0.456 e. The van der Waals surface area contributed by atoms with E-state index in [0.717, 1.165) is 77.1 Å². The number of aromatic nitrogens is 3. The molecule has 0 spiro atoms. The molecule has 11 aromatic rings. The van der Waals surface area contributed by atoms with Crippen LogP contribution in [-0.2, 0) is 0 Å². The van der Waals surface area contributed by atoms with Crippen molar-refractivity contribution in [3.8, 4) is 45.3 Å². The van der Waals surface area contributed by atoms with Crippen LogP contribution in [0.3, 0.4) is 0 Å². The number of thiophene rings is 1. The molecule has 0 fully saturated rings. The second-order valence-corrected chi connectivity index (χ2v) is 13.8. The van der Waals surface area contributed by atoms with Crippen molar-refractivity contribution >= 4 is 75.4 Å². The molecule has 0 amide bonds. The van der Waals surface area contributed by atoms with Gasteiger partial charge in [0.25, 0.3) is 0 Å². The average Bonchev–Trinajstić information content (AvgIpc) is 3.88. The molecule has 0 radical (unpaired) electrons. The molecular weight excluding hydrogens is 647 g/mol. The van der Waals surface area contributed by atoms with Crippen LogP contribution in [0, 0.1) is 0 Å². The first kappa shape index (κ1) is 28.2. The molecule has 51 heavy (non-hydrogen) atoms. The molecule has 7 aromatic carbocycles. The van der Waals surface area contributed by atoms with E-state index in [4.69, 9.17) is 23.8 Å². The van der Waals surface area contributed by atoms with E-state index in [2.05, 4.69) is 97.1 Å². The maximum atomic E-state index is 6.72. The largest absolute Gasteiger partial charge is 0.456 e. The minimum atomic E-state index is 0.565. The van der Waals surface area contributed by atoms with E-state index in [-0.39, 0.29) is 0 Å². The van der Waals surface area contributed by atoms with Gasteiger partial charge in [-0.1, -0.05) is 103 Å². The Morgan fingerprint density at radius 1 is 0.373 bits per heavy atom. The summed E-state index contributed by atoms with van der Waals surface area (Å²) in [5, 5.41) is 6.63. The standard InChI is InChI=1S/C45H25N3O2S/c1-2-10-26(11-3-1)43-46-44(34-15-9-19-40-41(34)33-13-5-7-18-39(33)51-40)48-45(47-43)35-16-8-14-32-31-23-21-28(25-38(31)50-42(32)35)27-20-22-30-29-12-4-6-17-36(29)49-37(30)24-27/h1-25H. The Balaban J connectivity index is 1.09. The number of rotatable bonds is 4. The van der Waals surface area contributed by atoms with Gasteiger partial charge in [-0.05, 0) is 59.7 Å². The predicted molar refractivity (Wildman–Crippen MR) is 209 cm³/mol. The second-order valence-electron chi connectivity index (χ2n) is 12.8. The maximum absolute atomic E-state index is 6.72. The van der Waals surface area contributed by atoms with Crippen LogP contribution in [0.4, 0.5) is 0 Å². The summed E-state index contributed by atoms with van der Waals surface area (Å²) in [5.74, 6) is 1.81. The highest BCUT2D eigenvalue weighted by atomic mass is 32.1. The Hall–Kier alpha value is -6.63. The fourth-order valence-electron chi connectivity index (χ4n) is 7.35. The summed E-state index contributed by atoms with van der Waals surface area (Å²) in [6, 6.07) is 52.1.